The highest BCUT2D eigenvalue weighted by Gasteiger charge is 2.34. The van der Waals surface area contributed by atoms with E-state index in [1.165, 1.54) is 12.1 Å². The van der Waals surface area contributed by atoms with Gasteiger partial charge in [0, 0.05) is 75.2 Å². The number of carbonyl (C=O) groups is 1. The van der Waals surface area contributed by atoms with E-state index in [0.29, 0.717) is 41.5 Å². The summed E-state index contributed by atoms with van der Waals surface area (Å²) < 4.78 is 45.7. The highest BCUT2D eigenvalue weighted by Crippen LogP contribution is 2.34. The van der Waals surface area contributed by atoms with Crippen LogP contribution in [-0.4, -0.2) is 73.1 Å². The van der Waals surface area contributed by atoms with Crippen LogP contribution in [0, 0.1) is 18.8 Å². The molecule has 1 fully saturated rings. The molecule has 2 aromatic carbocycles. The van der Waals surface area contributed by atoms with Gasteiger partial charge in [-0.3, -0.25) is 18.8 Å². The van der Waals surface area contributed by atoms with E-state index in [4.69, 9.17) is 0 Å². The fraction of sp³-hybridized carbons (Fsp3) is 0.273. The molecule has 10 nitrogen and oxygen atoms in total. The van der Waals surface area contributed by atoms with Crippen LogP contribution >= 0.6 is 0 Å². The van der Waals surface area contributed by atoms with Gasteiger partial charge in [0.05, 0.1) is 23.6 Å². The van der Waals surface area contributed by atoms with Crippen molar-refractivity contribution in [2.24, 2.45) is 7.05 Å². The van der Waals surface area contributed by atoms with Crippen molar-refractivity contribution in [1.29, 1.82) is 0 Å². The molecule has 0 unspecified atom stereocenters. The maximum atomic E-state index is 14.1. The van der Waals surface area contributed by atoms with Crippen LogP contribution in [-0.2, 0) is 19.8 Å². The van der Waals surface area contributed by atoms with Gasteiger partial charge in [-0.15, -0.1) is 0 Å². The summed E-state index contributed by atoms with van der Waals surface area (Å²) in [7, 11) is 3.82. The van der Waals surface area contributed by atoms with E-state index in [9.17, 15) is 18.0 Å². The molecule has 4 heterocycles. The molecule has 0 radical (unpaired) electrons. The first-order chi connectivity index (χ1) is 22.0. The van der Waals surface area contributed by atoms with Gasteiger partial charge >= 0.3 is 6.18 Å². The lowest BCUT2D eigenvalue weighted by Crippen LogP contribution is -2.44. The second kappa shape index (κ2) is 12.7. The minimum absolute atomic E-state index is 0.0716. The second-order valence-electron chi connectivity index (χ2n) is 11.3. The number of rotatable bonds is 6. The number of piperazine rings is 1. The minimum Gasteiger partial charge on any atom is -0.335 e. The quantitative estimate of drug-likeness (QED) is 0.258. The Morgan fingerprint density at radius 3 is 2.52 bits per heavy atom. The van der Waals surface area contributed by atoms with Crippen molar-refractivity contribution in [2.45, 2.75) is 19.6 Å². The molecule has 0 aliphatic carbocycles. The molecule has 6 rings (SSSR count). The van der Waals surface area contributed by atoms with E-state index in [0.717, 1.165) is 30.4 Å². The average Bonchev–Trinajstić information content (AvgIpc) is 3.64. The summed E-state index contributed by atoms with van der Waals surface area (Å²) in [4.78, 5) is 26.1. The van der Waals surface area contributed by atoms with Crippen molar-refractivity contribution < 1.29 is 18.0 Å². The summed E-state index contributed by atoms with van der Waals surface area (Å²) in [5.41, 5.74) is 3.20. The van der Waals surface area contributed by atoms with Gasteiger partial charge in [-0.25, -0.2) is 9.97 Å². The van der Waals surface area contributed by atoms with Crippen LogP contribution < -0.4 is 10.6 Å². The summed E-state index contributed by atoms with van der Waals surface area (Å²) in [6.45, 7) is 5.04. The summed E-state index contributed by atoms with van der Waals surface area (Å²) in [5.74, 6) is 6.18. The third-order valence-corrected chi connectivity index (χ3v) is 7.88. The van der Waals surface area contributed by atoms with Crippen molar-refractivity contribution in [2.75, 3.05) is 43.9 Å². The summed E-state index contributed by atoms with van der Waals surface area (Å²) in [6.07, 6.45) is 3.96. The number of aryl methyl sites for hydroxylation is 2. The Kier molecular flexibility index (Phi) is 8.48. The van der Waals surface area contributed by atoms with Gasteiger partial charge < -0.3 is 15.5 Å². The zero-order valence-corrected chi connectivity index (χ0v) is 25.6. The maximum absolute atomic E-state index is 14.1. The molecule has 0 bridgehead atoms. The summed E-state index contributed by atoms with van der Waals surface area (Å²) >= 11 is 0. The fourth-order valence-electron chi connectivity index (χ4n) is 5.26. The van der Waals surface area contributed by atoms with Crippen LogP contribution in [0.3, 0.4) is 0 Å². The number of imidazole rings is 1. The van der Waals surface area contributed by atoms with Crippen molar-refractivity contribution in [1.82, 2.24) is 33.9 Å². The third-order valence-electron chi connectivity index (χ3n) is 7.88. The number of halogens is 3. The van der Waals surface area contributed by atoms with Gasteiger partial charge in [-0.05, 0) is 55.3 Å². The molecule has 1 aliphatic heterocycles. The monoisotopic (exact) mass is 627 g/mol. The van der Waals surface area contributed by atoms with E-state index in [1.54, 1.807) is 47.7 Å². The molecule has 0 spiro atoms. The first kappa shape index (κ1) is 30.8. The van der Waals surface area contributed by atoms with E-state index < -0.39 is 17.6 Å². The predicted octanol–water partition coefficient (Wildman–Crippen LogP) is 4.93. The van der Waals surface area contributed by atoms with Crippen molar-refractivity contribution in [3.05, 3.63) is 101 Å². The molecule has 0 saturated carbocycles. The number of hydrogen-bond donors (Lipinski definition) is 2. The van der Waals surface area contributed by atoms with Crippen LogP contribution in [0.4, 0.5) is 30.4 Å². The number of nitrogens with zero attached hydrogens (tertiary/aromatic N) is 7. The van der Waals surface area contributed by atoms with Crippen molar-refractivity contribution >= 4 is 28.7 Å². The molecule has 2 N–H and O–H groups in total. The summed E-state index contributed by atoms with van der Waals surface area (Å²) in [5, 5.41) is 10.1. The number of fused-ring (bicyclic) bond motifs is 1. The number of likely N-dealkylation sites (N-methyl/N-ethyl adjacent to an activating group) is 1. The maximum Gasteiger partial charge on any atom is 0.416 e. The Hall–Kier alpha value is -5.19. The van der Waals surface area contributed by atoms with Crippen LogP contribution in [0.5, 0.6) is 0 Å². The van der Waals surface area contributed by atoms with Crippen LogP contribution in [0.15, 0.2) is 67.4 Å². The lowest BCUT2D eigenvalue weighted by Gasteiger charge is -2.33. The zero-order chi connectivity index (χ0) is 32.4. The van der Waals surface area contributed by atoms with Crippen LogP contribution in [0.2, 0.25) is 0 Å². The third kappa shape index (κ3) is 6.88. The number of carbonyl (C=O) groups excluding carboxylic acids is 1. The smallest absolute Gasteiger partial charge is 0.335 e. The first-order valence-corrected chi connectivity index (χ1v) is 14.7. The number of alkyl halides is 3. The van der Waals surface area contributed by atoms with Gasteiger partial charge in [0.25, 0.3) is 5.91 Å². The molecule has 3 aromatic heterocycles. The van der Waals surface area contributed by atoms with E-state index in [2.05, 4.69) is 42.4 Å². The normalized spacial score (nSPS) is 14.2. The second-order valence-corrected chi connectivity index (χ2v) is 11.3. The van der Waals surface area contributed by atoms with Crippen LogP contribution in [0.25, 0.3) is 5.65 Å². The molecule has 46 heavy (non-hydrogen) atoms. The Morgan fingerprint density at radius 1 is 0.978 bits per heavy atom. The Balaban J connectivity index is 1.20. The molecule has 13 heteroatoms. The van der Waals surface area contributed by atoms with E-state index in [1.807, 2.05) is 36.5 Å². The highest BCUT2D eigenvalue weighted by molar-refractivity contribution is 6.04. The Morgan fingerprint density at radius 2 is 1.78 bits per heavy atom. The molecule has 1 saturated heterocycles. The highest BCUT2D eigenvalue weighted by atomic mass is 19.4. The largest absolute Gasteiger partial charge is 0.416 e. The van der Waals surface area contributed by atoms with E-state index >= 15 is 0 Å². The fourth-order valence-corrected chi connectivity index (χ4v) is 5.26. The zero-order valence-electron chi connectivity index (χ0n) is 25.6. The number of aromatic nitrogens is 5. The number of hydrogen-bond acceptors (Lipinski definition) is 7. The van der Waals surface area contributed by atoms with Gasteiger partial charge in [-0.1, -0.05) is 18.1 Å². The number of benzene rings is 2. The Labute approximate surface area is 263 Å². The predicted molar refractivity (Wildman–Crippen MR) is 169 cm³/mol. The van der Waals surface area contributed by atoms with Crippen LogP contribution in [0.1, 0.15) is 38.3 Å². The molecule has 236 valence electrons. The van der Waals surface area contributed by atoms with Crippen molar-refractivity contribution in [3.8, 4) is 11.8 Å². The molecular formula is C33H32F3N9O. The lowest BCUT2D eigenvalue weighted by molar-refractivity contribution is -0.138. The summed E-state index contributed by atoms with van der Waals surface area (Å²) in [6, 6.07) is 8.99. The van der Waals surface area contributed by atoms with Gasteiger partial charge in [0.1, 0.15) is 5.69 Å². The SMILES string of the molecule is Cc1ccc(NC(=O)c2ccc(CN3CCN(C)CC3)c(C(F)(F)F)c2)cc1C#Cc1cnc2c(Nc3cnn(C)c3)nccn12. The molecule has 0 atom stereocenters. The van der Waals surface area contributed by atoms with E-state index in [-0.39, 0.29) is 17.7 Å². The number of anilines is 3. The number of nitrogens with one attached hydrogen (secondary N) is 2. The van der Waals surface area contributed by atoms with Crippen molar-refractivity contribution in [3.63, 3.8) is 0 Å². The van der Waals surface area contributed by atoms with Gasteiger partial charge in [-0.2, -0.15) is 18.3 Å². The average molecular weight is 628 g/mol. The lowest BCUT2D eigenvalue weighted by atomic mass is 10.0. The molecule has 5 aromatic rings. The number of amides is 1. The standard InChI is InChI=1S/C33H32F3N9O/c1-22-4-8-26(41-32(46)24-5-6-25(29(17-24)33(34,35)36)20-44-14-12-42(2)13-15-44)16-23(22)7-9-28-19-38-31-30(37-10-11-45(28)31)40-27-18-39-43(3)21-27/h4-6,8,10-11,16-19,21H,12-15,20H2,1-3H3,(H,37,40)(H,41,46). The molecular weight excluding hydrogens is 595 g/mol. The molecule has 1 aliphatic rings. The topological polar surface area (TPSA) is 95.6 Å². The first-order valence-electron chi connectivity index (χ1n) is 14.7. The Bertz CT molecular complexity index is 1960. The minimum atomic E-state index is -4.59. The van der Waals surface area contributed by atoms with Gasteiger partial charge in [0.2, 0.25) is 0 Å². The van der Waals surface area contributed by atoms with Gasteiger partial charge in [0.15, 0.2) is 11.5 Å². The molecule has 1 amide bonds.